The quantitative estimate of drug-likeness (QED) is 0.420. The summed E-state index contributed by atoms with van der Waals surface area (Å²) in [5.41, 5.74) is 1.44. The second-order valence-electron chi connectivity index (χ2n) is 5.17. The topological polar surface area (TPSA) is 78.0 Å². The van der Waals surface area contributed by atoms with Gasteiger partial charge < -0.3 is 4.57 Å². The number of halogens is 1. The van der Waals surface area contributed by atoms with Crippen LogP contribution in [-0.2, 0) is 6.54 Å². The summed E-state index contributed by atoms with van der Waals surface area (Å²) in [6.45, 7) is 1.70. The predicted octanol–water partition coefficient (Wildman–Crippen LogP) is 3.33. The van der Waals surface area contributed by atoms with E-state index >= 15 is 0 Å². The maximum atomic E-state index is 13.0. The smallest absolute Gasteiger partial charge is 0.294 e. The summed E-state index contributed by atoms with van der Waals surface area (Å²) in [5, 5.41) is 11.6. The molecule has 7 heteroatoms. The molecule has 6 nitrogen and oxygen atoms in total. The molecule has 23 heavy (non-hydrogen) atoms. The Balaban J connectivity index is 2.11. The molecule has 0 aliphatic carbocycles. The van der Waals surface area contributed by atoms with Gasteiger partial charge in [0, 0.05) is 13.5 Å². The molecule has 0 radical (unpaired) electrons. The lowest BCUT2D eigenvalue weighted by Crippen LogP contribution is -2.00. The molecule has 1 aromatic carbocycles. The van der Waals surface area contributed by atoms with Crippen LogP contribution in [0, 0.1) is 15.9 Å². The SMILES string of the molecule is CC(=O)c1cc2c([N+](=O)[O-])cn(Cc3ccc(F)cc3)c2cn1. The summed E-state index contributed by atoms with van der Waals surface area (Å²) in [7, 11) is 0. The van der Waals surface area contributed by atoms with Crippen molar-refractivity contribution in [1.82, 2.24) is 9.55 Å². The fraction of sp³-hybridized carbons (Fsp3) is 0.125. The van der Waals surface area contributed by atoms with Gasteiger partial charge in [0.1, 0.15) is 11.5 Å². The number of hydrogen-bond acceptors (Lipinski definition) is 4. The summed E-state index contributed by atoms with van der Waals surface area (Å²) in [6.07, 6.45) is 2.85. The number of Topliss-reactive ketones (excluding diaryl/α,β-unsaturated/α-hetero) is 1. The number of benzene rings is 1. The predicted molar refractivity (Wildman–Crippen MR) is 81.9 cm³/mol. The molecule has 0 saturated carbocycles. The average molecular weight is 313 g/mol. The van der Waals surface area contributed by atoms with Gasteiger partial charge in [-0.3, -0.25) is 19.9 Å². The molecule has 0 saturated heterocycles. The second-order valence-corrected chi connectivity index (χ2v) is 5.17. The summed E-state index contributed by atoms with van der Waals surface area (Å²) >= 11 is 0. The highest BCUT2D eigenvalue weighted by Crippen LogP contribution is 2.28. The van der Waals surface area contributed by atoms with Gasteiger partial charge in [-0.25, -0.2) is 4.39 Å². The first kappa shape index (κ1) is 14.8. The van der Waals surface area contributed by atoms with E-state index in [4.69, 9.17) is 0 Å². The van der Waals surface area contributed by atoms with E-state index in [1.807, 2.05) is 0 Å². The average Bonchev–Trinajstić information content (AvgIpc) is 2.88. The van der Waals surface area contributed by atoms with Gasteiger partial charge >= 0.3 is 0 Å². The van der Waals surface area contributed by atoms with Crippen LogP contribution in [0.25, 0.3) is 10.9 Å². The Bertz CT molecular complexity index is 916. The van der Waals surface area contributed by atoms with Gasteiger partial charge in [-0.2, -0.15) is 0 Å². The third-order valence-corrected chi connectivity index (χ3v) is 3.57. The van der Waals surface area contributed by atoms with Crippen LogP contribution in [0.4, 0.5) is 10.1 Å². The fourth-order valence-electron chi connectivity index (χ4n) is 2.42. The number of aromatic nitrogens is 2. The minimum Gasteiger partial charge on any atom is -0.335 e. The van der Waals surface area contributed by atoms with Gasteiger partial charge in [-0.15, -0.1) is 0 Å². The molecule has 0 amide bonds. The Morgan fingerprint density at radius 3 is 2.65 bits per heavy atom. The molecule has 0 atom stereocenters. The van der Waals surface area contributed by atoms with E-state index in [9.17, 15) is 19.3 Å². The largest absolute Gasteiger partial charge is 0.335 e. The van der Waals surface area contributed by atoms with Crippen LogP contribution in [-0.4, -0.2) is 20.3 Å². The number of pyridine rings is 1. The summed E-state index contributed by atoms with van der Waals surface area (Å²) in [5.74, 6) is -0.600. The number of fused-ring (bicyclic) bond motifs is 1. The standard InChI is InChI=1S/C16H12FN3O3/c1-10(21)14-6-13-15(7-18-14)19(9-16(13)20(22)23)8-11-2-4-12(17)5-3-11/h2-7,9H,8H2,1H3. The monoisotopic (exact) mass is 313 g/mol. The third-order valence-electron chi connectivity index (χ3n) is 3.57. The normalized spacial score (nSPS) is 10.9. The van der Waals surface area contributed by atoms with Crippen molar-refractivity contribution in [1.29, 1.82) is 0 Å². The maximum Gasteiger partial charge on any atom is 0.294 e. The Morgan fingerprint density at radius 2 is 2.04 bits per heavy atom. The van der Waals surface area contributed by atoms with Gasteiger partial charge in [-0.1, -0.05) is 12.1 Å². The molecule has 0 fully saturated rings. The van der Waals surface area contributed by atoms with Gasteiger partial charge in [0.25, 0.3) is 5.69 Å². The van der Waals surface area contributed by atoms with Gasteiger partial charge in [0.15, 0.2) is 5.78 Å². The second kappa shape index (κ2) is 5.60. The number of ketones is 1. The molecule has 2 aromatic heterocycles. The lowest BCUT2D eigenvalue weighted by molar-refractivity contribution is -0.383. The summed E-state index contributed by atoms with van der Waals surface area (Å²) in [4.78, 5) is 26.2. The van der Waals surface area contributed by atoms with Crippen LogP contribution < -0.4 is 0 Å². The lowest BCUT2D eigenvalue weighted by atomic mass is 10.2. The minimum absolute atomic E-state index is 0.0907. The molecular weight excluding hydrogens is 301 g/mol. The van der Waals surface area contributed by atoms with Crippen molar-refractivity contribution in [2.24, 2.45) is 0 Å². The highest BCUT2D eigenvalue weighted by molar-refractivity contribution is 5.98. The molecule has 0 spiro atoms. The first-order valence-electron chi connectivity index (χ1n) is 6.84. The van der Waals surface area contributed by atoms with E-state index in [1.54, 1.807) is 16.7 Å². The molecule has 0 bridgehead atoms. The van der Waals surface area contributed by atoms with Crippen LogP contribution in [0.5, 0.6) is 0 Å². The minimum atomic E-state index is -0.493. The molecule has 0 aliphatic heterocycles. The highest BCUT2D eigenvalue weighted by Gasteiger charge is 2.19. The molecular formula is C16H12FN3O3. The van der Waals surface area contributed by atoms with E-state index in [0.29, 0.717) is 17.4 Å². The Morgan fingerprint density at radius 1 is 1.35 bits per heavy atom. The van der Waals surface area contributed by atoms with Crippen molar-refractivity contribution in [2.75, 3.05) is 0 Å². The Hall–Kier alpha value is -3.09. The van der Waals surface area contributed by atoms with Crippen LogP contribution >= 0.6 is 0 Å². The third kappa shape index (κ3) is 2.80. The van der Waals surface area contributed by atoms with Gasteiger partial charge in [0.05, 0.1) is 28.2 Å². The van der Waals surface area contributed by atoms with Crippen molar-refractivity contribution < 1.29 is 14.1 Å². The van der Waals surface area contributed by atoms with Crippen molar-refractivity contribution in [2.45, 2.75) is 13.5 Å². The zero-order valence-electron chi connectivity index (χ0n) is 12.2. The van der Waals surface area contributed by atoms with Gasteiger partial charge in [0.2, 0.25) is 0 Å². The van der Waals surface area contributed by atoms with E-state index in [-0.39, 0.29) is 23.0 Å². The molecule has 3 rings (SSSR count). The molecule has 116 valence electrons. The zero-order valence-corrected chi connectivity index (χ0v) is 12.2. The number of nitro groups is 1. The number of rotatable bonds is 4. The number of carbonyl (C=O) groups is 1. The Labute approximate surface area is 130 Å². The number of hydrogen-bond donors (Lipinski definition) is 0. The number of carbonyl (C=O) groups excluding carboxylic acids is 1. The fourth-order valence-corrected chi connectivity index (χ4v) is 2.42. The molecule has 3 aromatic rings. The number of nitrogens with zero attached hydrogens (tertiary/aromatic N) is 3. The van der Waals surface area contributed by atoms with E-state index < -0.39 is 4.92 Å². The van der Waals surface area contributed by atoms with E-state index in [1.165, 1.54) is 37.5 Å². The first-order chi connectivity index (χ1) is 11.0. The zero-order chi connectivity index (χ0) is 16.6. The van der Waals surface area contributed by atoms with E-state index in [2.05, 4.69) is 4.98 Å². The van der Waals surface area contributed by atoms with Gasteiger partial charge in [-0.05, 0) is 23.8 Å². The van der Waals surface area contributed by atoms with Crippen molar-refractivity contribution in [3.63, 3.8) is 0 Å². The maximum absolute atomic E-state index is 13.0. The first-order valence-corrected chi connectivity index (χ1v) is 6.84. The lowest BCUT2D eigenvalue weighted by Gasteiger charge is -2.05. The molecule has 0 N–H and O–H groups in total. The summed E-state index contributed by atoms with van der Waals surface area (Å²) < 4.78 is 14.6. The molecule has 0 aliphatic rings. The van der Waals surface area contributed by atoms with Crippen LogP contribution in [0.3, 0.4) is 0 Å². The molecule has 2 heterocycles. The molecule has 0 unspecified atom stereocenters. The van der Waals surface area contributed by atoms with Crippen LogP contribution in [0.15, 0.2) is 42.7 Å². The van der Waals surface area contributed by atoms with Crippen molar-refractivity contribution in [3.8, 4) is 0 Å². The summed E-state index contributed by atoms with van der Waals surface area (Å²) in [6, 6.07) is 7.33. The highest BCUT2D eigenvalue weighted by atomic mass is 19.1. The van der Waals surface area contributed by atoms with Crippen LogP contribution in [0.1, 0.15) is 23.0 Å². The van der Waals surface area contributed by atoms with Crippen LogP contribution in [0.2, 0.25) is 0 Å². The van der Waals surface area contributed by atoms with Crippen molar-refractivity contribution in [3.05, 3.63) is 69.9 Å². The Kier molecular flexibility index (Phi) is 3.61. The van der Waals surface area contributed by atoms with E-state index in [0.717, 1.165) is 5.56 Å². The van der Waals surface area contributed by atoms with Crippen molar-refractivity contribution >= 4 is 22.4 Å².